The van der Waals surface area contributed by atoms with Gasteiger partial charge in [-0.05, 0) is 61.7 Å². The second kappa shape index (κ2) is 8.24. The minimum atomic E-state index is -1.06. The van der Waals surface area contributed by atoms with Gasteiger partial charge in [-0.3, -0.25) is 9.59 Å². The number of hydrazone groups is 1. The predicted molar refractivity (Wildman–Crippen MR) is 97.5 cm³/mol. The van der Waals surface area contributed by atoms with Gasteiger partial charge in [0.2, 0.25) is 5.91 Å². The molecule has 0 saturated heterocycles. The van der Waals surface area contributed by atoms with E-state index in [1.54, 1.807) is 32.0 Å². The largest absolute Gasteiger partial charge is 0.507 e. The smallest absolute Gasteiger partial charge is 0.252 e. The van der Waals surface area contributed by atoms with E-state index in [0.717, 1.165) is 0 Å². The summed E-state index contributed by atoms with van der Waals surface area (Å²) < 4.78 is 13.5. The van der Waals surface area contributed by atoms with Crippen molar-refractivity contribution in [2.75, 3.05) is 5.32 Å². The Kier molecular flexibility index (Phi) is 6.06. The average Bonchev–Trinajstić information content (AvgIpc) is 2.60. The Morgan fingerprint density at radius 1 is 1.15 bits per heavy atom. The Labute approximate surface area is 150 Å². The SMILES string of the molecule is Cc1cc(/C=N/NC(=O)C(C)C(=O)Nc2ccccc2F)cc(C)c1O. The first-order valence-corrected chi connectivity index (χ1v) is 7.98. The molecule has 6 nitrogen and oxygen atoms in total. The maximum atomic E-state index is 13.5. The number of rotatable bonds is 5. The molecule has 1 atom stereocenters. The van der Waals surface area contributed by atoms with Crippen LogP contribution in [0, 0.1) is 25.6 Å². The van der Waals surface area contributed by atoms with Crippen LogP contribution in [0.1, 0.15) is 23.6 Å². The van der Waals surface area contributed by atoms with Gasteiger partial charge in [0.05, 0.1) is 11.9 Å². The Morgan fingerprint density at radius 2 is 1.77 bits per heavy atom. The van der Waals surface area contributed by atoms with Crippen LogP contribution in [0.15, 0.2) is 41.5 Å². The zero-order valence-corrected chi connectivity index (χ0v) is 14.7. The lowest BCUT2D eigenvalue weighted by atomic mass is 10.1. The molecule has 1 unspecified atom stereocenters. The number of aromatic hydroxyl groups is 1. The van der Waals surface area contributed by atoms with Crippen molar-refractivity contribution in [2.45, 2.75) is 20.8 Å². The van der Waals surface area contributed by atoms with Gasteiger partial charge >= 0.3 is 0 Å². The number of carbonyl (C=O) groups excluding carboxylic acids is 2. The fourth-order valence-corrected chi connectivity index (χ4v) is 2.25. The van der Waals surface area contributed by atoms with Crippen LogP contribution in [0.4, 0.5) is 10.1 Å². The molecule has 0 aromatic heterocycles. The summed E-state index contributed by atoms with van der Waals surface area (Å²) in [5, 5.41) is 15.9. The molecule has 2 aromatic carbocycles. The number of nitrogens with zero attached hydrogens (tertiary/aromatic N) is 1. The van der Waals surface area contributed by atoms with Crippen molar-refractivity contribution in [3.05, 3.63) is 58.9 Å². The van der Waals surface area contributed by atoms with Crippen LogP contribution in [0.5, 0.6) is 5.75 Å². The lowest BCUT2D eigenvalue weighted by Crippen LogP contribution is -2.34. The van der Waals surface area contributed by atoms with Gasteiger partial charge in [-0.15, -0.1) is 0 Å². The number of nitrogens with one attached hydrogen (secondary N) is 2. The highest BCUT2D eigenvalue weighted by Gasteiger charge is 2.22. The quantitative estimate of drug-likeness (QED) is 0.437. The molecule has 26 heavy (non-hydrogen) atoms. The van der Waals surface area contributed by atoms with Crippen molar-refractivity contribution < 1.29 is 19.1 Å². The average molecular weight is 357 g/mol. The summed E-state index contributed by atoms with van der Waals surface area (Å²) in [5.41, 5.74) is 4.37. The maximum Gasteiger partial charge on any atom is 0.252 e. The molecule has 2 aromatic rings. The molecule has 0 aliphatic rings. The third-order valence-electron chi connectivity index (χ3n) is 3.82. The van der Waals surface area contributed by atoms with E-state index in [-0.39, 0.29) is 11.4 Å². The molecule has 0 heterocycles. The van der Waals surface area contributed by atoms with Crippen LogP contribution in [0.3, 0.4) is 0 Å². The summed E-state index contributed by atoms with van der Waals surface area (Å²) in [6.45, 7) is 4.91. The maximum absolute atomic E-state index is 13.5. The minimum absolute atomic E-state index is 0.00990. The molecule has 0 spiro atoms. The van der Waals surface area contributed by atoms with E-state index < -0.39 is 23.5 Å². The Balaban J connectivity index is 1.96. The highest BCUT2D eigenvalue weighted by Crippen LogP contribution is 2.22. The van der Waals surface area contributed by atoms with Gasteiger partial charge < -0.3 is 10.4 Å². The predicted octanol–water partition coefficient (Wildman–Crippen LogP) is 2.87. The summed E-state index contributed by atoms with van der Waals surface area (Å²) in [5.74, 6) is -2.69. The number of hydrogen-bond donors (Lipinski definition) is 3. The molecule has 2 amide bonds. The Hall–Kier alpha value is -3.22. The van der Waals surface area contributed by atoms with E-state index in [4.69, 9.17) is 0 Å². The van der Waals surface area contributed by atoms with Gasteiger partial charge in [0.15, 0.2) is 0 Å². The molecule has 0 radical (unpaired) electrons. The molecule has 0 aliphatic carbocycles. The number of phenols is 1. The van der Waals surface area contributed by atoms with E-state index in [9.17, 15) is 19.1 Å². The van der Waals surface area contributed by atoms with E-state index in [1.807, 2.05) is 0 Å². The van der Waals surface area contributed by atoms with Crippen LogP contribution in [0.2, 0.25) is 0 Å². The lowest BCUT2D eigenvalue weighted by molar-refractivity contribution is -0.131. The van der Waals surface area contributed by atoms with E-state index >= 15 is 0 Å². The molecule has 7 heteroatoms. The van der Waals surface area contributed by atoms with Crippen molar-refractivity contribution in [3.8, 4) is 5.75 Å². The number of benzene rings is 2. The molecule has 2 rings (SSSR count). The standard InChI is InChI=1S/C19H20FN3O3/c1-11-8-14(9-12(2)17(11)24)10-21-23-19(26)13(3)18(25)22-16-7-5-4-6-15(16)20/h4-10,13,24H,1-3H3,(H,22,25)(H,23,26)/b21-10+. The molecule has 3 N–H and O–H groups in total. The second-order valence-electron chi connectivity index (χ2n) is 5.93. The van der Waals surface area contributed by atoms with Crippen molar-refractivity contribution in [1.29, 1.82) is 0 Å². The van der Waals surface area contributed by atoms with Crippen LogP contribution < -0.4 is 10.7 Å². The second-order valence-corrected chi connectivity index (χ2v) is 5.93. The third-order valence-corrected chi connectivity index (χ3v) is 3.82. The number of hydrogen-bond acceptors (Lipinski definition) is 4. The van der Waals surface area contributed by atoms with Crippen molar-refractivity contribution in [1.82, 2.24) is 5.43 Å². The summed E-state index contributed by atoms with van der Waals surface area (Å²) in [6, 6.07) is 9.13. The van der Waals surface area contributed by atoms with Gasteiger partial charge in [-0.1, -0.05) is 12.1 Å². The fourth-order valence-electron chi connectivity index (χ4n) is 2.25. The lowest BCUT2D eigenvalue weighted by Gasteiger charge is -2.11. The number of para-hydroxylation sites is 1. The number of halogens is 1. The van der Waals surface area contributed by atoms with Gasteiger partial charge in [0, 0.05) is 0 Å². The van der Waals surface area contributed by atoms with Crippen molar-refractivity contribution in [3.63, 3.8) is 0 Å². The number of carbonyl (C=O) groups is 2. The van der Waals surface area contributed by atoms with E-state index in [1.165, 1.54) is 31.3 Å². The highest BCUT2D eigenvalue weighted by molar-refractivity contribution is 6.06. The van der Waals surface area contributed by atoms with Crippen molar-refractivity contribution >= 4 is 23.7 Å². The first-order valence-electron chi connectivity index (χ1n) is 7.98. The topological polar surface area (TPSA) is 90.8 Å². The van der Waals surface area contributed by atoms with E-state index in [2.05, 4.69) is 15.8 Å². The number of anilines is 1. The van der Waals surface area contributed by atoms with Crippen LogP contribution in [-0.4, -0.2) is 23.1 Å². The Morgan fingerprint density at radius 3 is 2.38 bits per heavy atom. The first kappa shape index (κ1) is 19.1. The van der Waals surface area contributed by atoms with Crippen LogP contribution >= 0.6 is 0 Å². The molecule has 0 aliphatic heterocycles. The summed E-state index contributed by atoms with van der Waals surface area (Å²) >= 11 is 0. The third kappa shape index (κ3) is 4.66. The summed E-state index contributed by atoms with van der Waals surface area (Å²) in [6.07, 6.45) is 1.42. The van der Waals surface area contributed by atoms with Gasteiger partial charge in [0.1, 0.15) is 17.5 Å². The molecular weight excluding hydrogens is 337 g/mol. The number of amides is 2. The number of phenolic OH excluding ortho intramolecular Hbond substituents is 1. The molecule has 0 saturated carbocycles. The zero-order chi connectivity index (χ0) is 19.3. The molecule has 0 bridgehead atoms. The minimum Gasteiger partial charge on any atom is -0.507 e. The van der Waals surface area contributed by atoms with E-state index in [0.29, 0.717) is 16.7 Å². The van der Waals surface area contributed by atoms with Gasteiger partial charge in [0.25, 0.3) is 5.91 Å². The molecular formula is C19H20FN3O3. The molecule has 0 fully saturated rings. The molecule has 136 valence electrons. The van der Waals surface area contributed by atoms with Crippen LogP contribution in [0.25, 0.3) is 0 Å². The van der Waals surface area contributed by atoms with Gasteiger partial charge in [-0.25, -0.2) is 9.82 Å². The number of aryl methyl sites for hydroxylation is 2. The zero-order valence-electron chi connectivity index (χ0n) is 14.7. The summed E-state index contributed by atoms with van der Waals surface area (Å²) in [7, 11) is 0. The first-order chi connectivity index (χ1) is 12.3. The van der Waals surface area contributed by atoms with Gasteiger partial charge in [-0.2, -0.15) is 5.10 Å². The van der Waals surface area contributed by atoms with Crippen LogP contribution in [-0.2, 0) is 9.59 Å². The Bertz CT molecular complexity index is 842. The summed E-state index contributed by atoms with van der Waals surface area (Å²) in [4.78, 5) is 24.1. The fraction of sp³-hybridized carbons (Fsp3) is 0.211. The monoisotopic (exact) mass is 357 g/mol. The highest BCUT2D eigenvalue weighted by atomic mass is 19.1. The van der Waals surface area contributed by atoms with Crippen molar-refractivity contribution in [2.24, 2.45) is 11.0 Å². The normalized spacial score (nSPS) is 12.0.